The monoisotopic (exact) mass is 208 g/mol. The summed E-state index contributed by atoms with van der Waals surface area (Å²) in [6, 6.07) is -0.220. The molecular weight excluding hydrogens is 192 g/mol. The van der Waals surface area contributed by atoms with Gasteiger partial charge in [0.1, 0.15) is 11.9 Å². The third-order valence-electron chi connectivity index (χ3n) is 2.74. The first-order valence-corrected chi connectivity index (χ1v) is 5.28. The van der Waals surface area contributed by atoms with Crippen LogP contribution in [0.1, 0.15) is 31.6 Å². The lowest BCUT2D eigenvalue weighted by atomic mass is 10.1. The minimum atomic E-state index is -0.143. The first kappa shape index (κ1) is 10.2. The predicted molar refractivity (Wildman–Crippen MR) is 55.9 cm³/mol. The van der Waals surface area contributed by atoms with E-state index in [9.17, 15) is 4.79 Å². The third kappa shape index (κ3) is 1.74. The van der Waals surface area contributed by atoms with Crippen molar-refractivity contribution >= 4 is 5.91 Å². The van der Waals surface area contributed by atoms with Crippen molar-refractivity contribution in [2.45, 2.75) is 31.8 Å². The highest BCUT2D eigenvalue weighted by Gasteiger charge is 2.39. The second kappa shape index (κ2) is 4.02. The molecule has 0 spiro atoms. The molecular formula is C10H16N4O. The van der Waals surface area contributed by atoms with Crippen molar-refractivity contribution in [2.24, 2.45) is 5.73 Å². The minimum absolute atomic E-state index is 0.0764. The number of likely N-dealkylation sites (tertiary alicyclic amines) is 1. The summed E-state index contributed by atoms with van der Waals surface area (Å²) in [7, 11) is 0. The van der Waals surface area contributed by atoms with Crippen LogP contribution in [-0.4, -0.2) is 33.4 Å². The number of carbonyl (C=O) groups is 1. The van der Waals surface area contributed by atoms with E-state index >= 15 is 0 Å². The van der Waals surface area contributed by atoms with E-state index in [0.717, 1.165) is 18.8 Å². The minimum Gasteiger partial charge on any atom is -0.347 e. The van der Waals surface area contributed by atoms with Gasteiger partial charge in [-0.15, -0.1) is 0 Å². The number of carbonyl (C=O) groups excluding carboxylic acids is 1. The fraction of sp³-hybridized carbons (Fsp3) is 0.600. The normalized spacial score (nSPS) is 26.3. The zero-order chi connectivity index (χ0) is 10.8. The summed E-state index contributed by atoms with van der Waals surface area (Å²) in [5.74, 6) is 0.924. The number of rotatable bonds is 3. The first-order valence-electron chi connectivity index (χ1n) is 5.28. The summed E-state index contributed by atoms with van der Waals surface area (Å²) in [5.41, 5.74) is 5.96. The van der Waals surface area contributed by atoms with E-state index in [1.54, 1.807) is 12.4 Å². The number of amides is 1. The molecule has 1 aliphatic heterocycles. The van der Waals surface area contributed by atoms with E-state index in [0.29, 0.717) is 6.42 Å². The van der Waals surface area contributed by atoms with Gasteiger partial charge in [0.05, 0.1) is 0 Å². The maximum Gasteiger partial charge on any atom is 0.224 e. The second-order valence-corrected chi connectivity index (χ2v) is 3.87. The van der Waals surface area contributed by atoms with Gasteiger partial charge in [-0.25, -0.2) is 4.98 Å². The first-order chi connectivity index (χ1) is 7.24. The van der Waals surface area contributed by atoms with E-state index in [-0.39, 0.29) is 18.0 Å². The van der Waals surface area contributed by atoms with Gasteiger partial charge < -0.3 is 15.6 Å². The van der Waals surface area contributed by atoms with E-state index in [2.05, 4.69) is 16.9 Å². The largest absolute Gasteiger partial charge is 0.347 e. The number of imidazole rings is 1. The molecule has 0 aliphatic carbocycles. The van der Waals surface area contributed by atoms with Crippen LogP contribution < -0.4 is 5.73 Å². The van der Waals surface area contributed by atoms with Crippen LogP contribution in [0.3, 0.4) is 0 Å². The summed E-state index contributed by atoms with van der Waals surface area (Å²) in [4.78, 5) is 20.7. The lowest BCUT2D eigenvalue weighted by molar-refractivity contribution is -0.129. The molecule has 0 bridgehead atoms. The van der Waals surface area contributed by atoms with E-state index in [4.69, 9.17) is 5.73 Å². The molecule has 2 heterocycles. The van der Waals surface area contributed by atoms with Crippen LogP contribution in [0.25, 0.3) is 0 Å². The van der Waals surface area contributed by atoms with Crippen molar-refractivity contribution in [3.63, 3.8) is 0 Å². The molecule has 1 amide bonds. The molecule has 2 rings (SSSR count). The average molecular weight is 208 g/mol. The van der Waals surface area contributed by atoms with Crippen molar-refractivity contribution in [3.8, 4) is 0 Å². The Morgan fingerprint density at radius 1 is 1.73 bits per heavy atom. The molecule has 5 heteroatoms. The summed E-state index contributed by atoms with van der Waals surface area (Å²) in [5, 5.41) is 0. The Labute approximate surface area is 88.7 Å². The Morgan fingerprint density at radius 2 is 2.53 bits per heavy atom. The van der Waals surface area contributed by atoms with Crippen LogP contribution in [0.2, 0.25) is 0 Å². The quantitative estimate of drug-likeness (QED) is 0.756. The van der Waals surface area contributed by atoms with Crippen LogP contribution in [0.5, 0.6) is 0 Å². The van der Waals surface area contributed by atoms with E-state index in [1.165, 1.54) is 0 Å². The van der Waals surface area contributed by atoms with Crippen molar-refractivity contribution in [1.82, 2.24) is 14.9 Å². The van der Waals surface area contributed by atoms with Crippen LogP contribution in [0, 0.1) is 0 Å². The Balaban J connectivity index is 2.23. The molecule has 0 aromatic carbocycles. The van der Waals surface area contributed by atoms with Gasteiger partial charge >= 0.3 is 0 Å². The number of aromatic amines is 1. The molecule has 2 atom stereocenters. The smallest absolute Gasteiger partial charge is 0.224 e. The molecule has 1 aliphatic rings. The van der Waals surface area contributed by atoms with Gasteiger partial charge in [-0.1, -0.05) is 6.92 Å². The number of nitrogens with two attached hydrogens (primary N) is 1. The van der Waals surface area contributed by atoms with Gasteiger partial charge in [-0.2, -0.15) is 0 Å². The molecule has 1 aromatic heterocycles. The lowest BCUT2D eigenvalue weighted by Gasteiger charge is -2.24. The van der Waals surface area contributed by atoms with E-state index in [1.807, 2.05) is 4.90 Å². The topological polar surface area (TPSA) is 75.0 Å². The van der Waals surface area contributed by atoms with Gasteiger partial charge in [0.25, 0.3) is 0 Å². The summed E-state index contributed by atoms with van der Waals surface area (Å²) in [6.07, 6.45) is 4.81. The molecule has 15 heavy (non-hydrogen) atoms. The van der Waals surface area contributed by atoms with Gasteiger partial charge in [0.15, 0.2) is 0 Å². The van der Waals surface area contributed by atoms with Gasteiger partial charge in [-0.3, -0.25) is 4.79 Å². The Bertz CT molecular complexity index is 335. The molecule has 0 saturated carbocycles. The molecule has 2 unspecified atom stereocenters. The van der Waals surface area contributed by atoms with Gasteiger partial charge in [-0.05, 0) is 6.42 Å². The van der Waals surface area contributed by atoms with Gasteiger partial charge in [0, 0.05) is 31.4 Å². The average Bonchev–Trinajstić information content (AvgIpc) is 2.77. The highest BCUT2D eigenvalue weighted by atomic mass is 16.2. The summed E-state index contributed by atoms with van der Waals surface area (Å²) >= 11 is 0. The van der Waals surface area contributed by atoms with Crippen molar-refractivity contribution in [3.05, 3.63) is 18.2 Å². The fourth-order valence-electron chi connectivity index (χ4n) is 2.11. The van der Waals surface area contributed by atoms with E-state index < -0.39 is 0 Å². The highest BCUT2D eigenvalue weighted by molar-refractivity contribution is 5.80. The molecule has 1 saturated heterocycles. The number of H-pyrrole nitrogens is 1. The maximum absolute atomic E-state index is 11.7. The van der Waals surface area contributed by atoms with Gasteiger partial charge in [0.2, 0.25) is 5.91 Å². The molecule has 1 aromatic rings. The molecule has 5 nitrogen and oxygen atoms in total. The Morgan fingerprint density at radius 3 is 3.13 bits per heavy atom. The SMILES string of the molecule is CCCN1C(=O)CC(N)C1c1ncc[nH]1. The molecule has 3 N–H and O–H groups in total. The van der Waals surface area contributed by atoms with Crippen LogP contribution in [-0.2, 0) is 4.79 Å². The number of hydrogen-bond donors (Lipinski definition) is 2. The van der Waals surface area contributed by atoms with Crippen molar-refractivity contribution < 1.29 is 4.79 Å². The van der Waals surface area contributed by atoms with Crippen LogP contribution in [0.4, 0.5) is 0 Å². The standard InChI is InChI=1S/C10H16N4O/c1-2-5-14-8(15)6-7(11)9(14)10-12-3-4-13-10/h3-4,7,9H,2,5-6,11H2,1H3,(H,12,13). The van der Waals surface area contributed by atoms with Crippen LogP contribution in [0.15, 0.2) is 12.4 Å². The number of hydrogen-bond acceptors (Lipinski definition) is 3. The zero-order valence-corrected chi connectivity index (χ0v) is 8.81. The molecule has 82 valence electrons. The van der Waals surface area contributed by atoms with Crippen LogP contribution >= 0.6 is 0 Å². The van der Waals surface area contributed by atoms with Crippen molar-refractivity contribution in [1.29, 1.82) is 0 Å². The Hall–Kier alpha value is -1.36. The second-order valence-electron chi connectivity index (χ2n) is 3.87. The maximum atomic E-state index is 11.7. The summed E-state index contributed by atoms with van der Waals surface area (Å²) in [6.45, 7) is 2.80. The van der Waals surface area contributed by atoms with Crippen molar-refractivity contribution in [2.75, 3.05) is 6.54 Å². The highest BCUT2D eigenvalue weighted by Crippen LogP contribution is 2.29. The molecule has 1 fully saturated rings. The number of aromatic nitrogens is 2. The Kier molecular flexibility index (Phi) is 2.73. The lowest BCUT2D eigenvalue weighted by Crippen LogP contribution is -2.34. The third-order valence-corrected chi connectivity index (χ3v) is 2.74. The zero-order valence-electron chi connectivity index (χ0n) is 8.81. The fourth-order valence-corrected chi connectivity index (χ4v) is 2.11. The number of nitrogens with one attached hydrogen (secondary N) is 1. The number of nitrogens with zero attached hydrogens (tertiary/aromatic N) is 2. The predicted octanol–water partition coefficient (Wildman–Crippen LogP) is 0.420. The summed E-state index contributed by atoms with van der Waals surface area (Å²) < 4.78 is 0. The molecule has 0 radical (unpaired) electrons.